The van der Waals surface area contributed by atoms with Crippen molar-refractivity contribution in [3.8, 4) is 5.75 Å². The van der Waals surface area contributed by atoms with E-state index < -0.39 is 28.7 Å². The quantitative estimate of drug-likeness (QED) is 0.317. The molecule has 42 heavy (non-hydrogen) atoms. The van der Waals surface area contributed by atoms with Crippen LogP contribution in [0.5, 0.6) is 5.75 Å². The van der Waals surface area contributed by atoms with Gasteiger partial charge in [0.25, 0.3) is 0 Å². The van der Waals surface area contributed by atoms with Crippen LogP contribution in [0.25, 0.3) is 0 Å². The van der Waals surface area contributed by atoms with Crippen molar-refractivity contribution >= 4 is 35.2 Å². The van der Waals surface area contributed by atoms with Gasteiger partial charge in [-0.15, -0.1) is 24.9 Å². The van der Waals surface area contributed by atoms with Crippen molar-refractivity contribution in [2.24, 2.45) is 17.8 Å². The lowest BCUT2D eigenvalue weighted by molar-refractivity contribution is -0.146. The summed E-state index contributed by atoms with van der Waals surface area (Å²) < 4.78 is 4.87. The third kappa shape index (κ3) is 5.62. The normalized spacial score (nSPS) is 26.9. The van der Waals surface area contributed by atoms with Gasteiger partial charge in [-0.05, 0) is 70.2 Å². The maximum absolute atomic E-state index is 14.6. The Bertz CT molecular complexity index is 1170. The van der Waals surface area contributed by atoms with Gasteiger partial charge in [-0.3, -0.25) is 14.4 Å². The van der Waals surface area contributed by atoms with Crippen LogP contribution in [0.2, 0.25) is 0 Å². The van der Waals surface area contributed by atoms with E-state index in [4.69, 9.17) is 4.74 Å². The zero-order valence-corrected chi connectivity index (χ0v) is 26.5. The molecule has 0 saturated carbocycles. The summed E-state index contributed by atoms with van der Waals surface area (Å²) in [5, 5.41) is 10.5. The second kappa shape index (κ2) is 13.2. The Kier molecular flexibility index (Phi) is 10.1. The van der Waals surface area contributed by atoms with Gasteiger partial charge in [0.15, 0.2) is 0 Å². The number of anilines is 1. The number of carbonyl (C=O) groups excluding carboxylic acids is 3. The molecule has 0 aromatic heterocycles. The fraction of sp³-hybridized carbons (Fsp3) is 0.606. The van der Waals surface area contributed by atoms with E-state index in [9.17, 15) is 19.5 Å². The summed E-state index contributed by atoms with van der Waals surface area (Å²) in [6, 6.07) is 6.05. The Morgan fingerprint density at radius 2 is 1.81 bits per heavy atom. The van der Waals surface area contributed by atoms with E-state index >= 15 is 0 Å². The number of hydrogen-bond donors (Lipinski definition) is 1. The number of hydrogen-bond acceptors (Lipinski definition) is 6. The minimum absolute atomic E-state index is 0.0662. The average molecular weight is 598 g/mol. The second-order valence-electron chi connectivity index (χ2n) is 12.3. The highest BCUT2D eigenvalue weighted by Crippen LogP contribution is 2.67. The molecule has 3 aliphatic rings. The lowest BCUT2D eigenvalue weighted by Crippen LogP contribution is -2.58. The molecule has 8 nitrogen and oxygen atoms in total. The molecule has 3 amide bonds. The molecule has 6 atom stereocenters. The topological polar surface area (TPSA) is 90.4 Å². The first-order valence-corrected chi connectivity index (χ1v) is 16.1. The molecule has 0 aliphatic carbocycles. The number of fused-ring (bicyclic) bond motifs is 1. The lowest BCUT2D eigenvalue weighted by Gasteiger charge is -2.41. The van der Waals surface area contributed by atoms with Crippen LogP contribution in [-0.4, -0.2) is 87.1 Å². The van der Waals surface area contributed by atoms with Crippen molar-refractivity contribution in [3.63, 3.8) is 0 Å². The van der Waals surface area contributed by atoms with Crippen LogP contribution in [-0.2, 0) is 14.4 Å². The van der Waals surface area contributed by atoms with E-state index in [0.717, 1.165) is 12.2 Å². The maximum Gasteiger partial charge on any atom is 0.247 e. The highest BCUT2D eigenvalue weighted by atomic mass is 32.2. The molecule has 2 bridgehead atoms. The summed E-state index contributed by atoms with van der Waals surface area (Å²) in [7, 11) is 0. The third-order valence-electron chi connectivity index (χ3n) is 8.87. The molecule has 3 fully saturated rings. The predicted octanol–water partition coefficient (Wildman–Crippen LogP) is 4.53. The summed E-state index contributed by atoms with van der Waals surface area (Å²) in [6.45, 7) is 18.7. The molecular formula is C33H47N3O5S. The van der Waals surface area contributed by atoms with Crippen LogP contribution < -0.4 is 9.64 Å². The lowest BCUT2D eigenvalue weighted by atomic mass is 9.70. The Morgan fingerprint density at radius 3 is 2.36 bits per heavy atom. The minimum atomic E-state index is -0.751. The Hall–Kier alpha value is -2.78. The molecule has 9 heteroatoms. The molecule has 4 rings (SSSR count). The Balaban J connectivity index is 1.77. The molecule has 1 aromatic rings. The number of ether oxygens (including phenoxy) is 1. The van der Waals surface area contributed by atoms with Crippen LogP contribution in [0.1, 0.15) is 53.9 Å². The number of aliphatic hydroxyl groups is 1. The van der Waals surface area contributed by atoms with E-state index in [1.165, 1.54) is 0 Å². The standard InChI is InChI=1S/C33H47N3O5S/c1-8-17-34(22(6)7)32(40)29-33-16-15-26(42-33)27(28(33)31(39)36(29)24(20-37)19-21(4)5)30(38)35(18-9-2)23-11-13-25(14-12-23)41-10-3/h8-9,11-14,21-22,24,26-29,37H,1-2,10,15-20H2,3-7H3/t24-,26-,27+,28+,29?,33?/m1/s1. The molecule has 2 unspecified atom stereocenters. The van der Waals surface area contributed by atoms with Gasteiger partial charge >= 0.3 is 0 Å². The van der Waals surface area contributed by atoms with Crippen LogP contribution in [0.3, 0.4) is 0 Å². The maximum atomic E-state index is 14.6. The van der Waals surface area contributed by atoms with Crippen molar-refractivity contribution < 1.29 is 24.2 Å². The summed E-state index contributed by atoms with van der Waals surface area (Å²) in [5.74, 6) is -0.723. The van der Waals surface area contributed by atoms with Gasteiger partial charge in [-0.1, -0.05) is 26.0 Å². The molecule has 1 N–H and O–H groups in total. The first-order chi connectivity index (χ1) is 20.1. The number of nitrogens with zero attached hydrogens (tertiary/aromatic N) is 3. The molecular weight excluding hydrogens is 550 g/mol. The SMILES string of the molecule is C=CCN(C(=O)[C@@H]1[C@H]2C(=O)N([C@@H](CO)CC(C)C)C(C(=O)N(CC=C)C(C)C)C23CC[C@H]1S3)c1ccc(OCC)cc1. The number of rotatable bonds is 14. The predicted molar refractivity (Wildman–Crippen MR) is 168 cm³/mol. The number of benzene rings is 1. The van der Waals surface area contributed by atoms with Crippen LogP contribution in [0.15, 0.2) is 49.6 Å². The van der Waals surface area contributed by atoms with E-state index in [2.05, 4.69) is 13.2 Å². The zero-order valence-electron chi connectivity index (χ0n) is 25.7. The third-order valence-corrected chi connectivity index (χ3v) is 10.8. The van der Waals surface area contributed by atoms with Crippen LogP contribution >= 0.6 is 11.8 Å². The van der Waals surface area contributed by atoms with Gasteiger partial charge in [-0.25, -0.2) is 0 Å². The van der Waals surface area contributed by atoms with Crippen LogP contribution in [0, 0.1) is 17.8 Å². The number of thioether (sulfide) groups is 1. The Labute approximate surface area is 255 Å². The van der Waals surface area contributed by atoms with Crippen molar-refractivity contribution in [2.75, 3.05) is 31.2 Å². The van der Waals surface area contributed by atoms with Gasteiger partial charge in [0.1, 0.15) is 11.8 Å². The van der Waals surface area contributed by atoms with Gasteiger partial charge < -0.3 is 24.5 Å². The van der Waals surface area contributed by atoms with Crippen molar-refractivity contribution in [1.29, 1.82) is 0 Å². The summed E-state index contributed by atoms with van der Waals surface area (Å²) in [4.78, 5) is 48.6. The monoisotopic (exact) mass is 597 g/mol. The molecule has 230 valence electrons. The van der Waals surface area contributed by atoms with Gasteiger partial charge in [-0.2, -0.15) is 0 Å². The molecule has 0 radical (unpaired) electrons. The van der Waals surface area contributed by atoms with Crippen molar-refractivity contribution in [3.05, 3.63) is 49.6 Å². The number of amides is 3. The molecule has 1 aromatic carbocycles. The largest absolute Gasteiger partial charge is 0.494 e. The second-order valence-corrected chi connectivity index (χ2v) is 13.9. The number of carbonyl (C=O) groups is 3. The highest BCUT2D eigenvalue weighted by Gasteiger charge is 2.74. The van der Waals surface area contributed by atoms with E-state index in [0.29, 0.717) is 38.2 Å². The van der Waals surface area contributed by atoms with Crippen molar-refractivity contribution in [1.82, 2.24) is 9.80 Å². The minimum Gasteiger partial charge on any atom is -0.494 e. The van der Waals surface area contributed by atoms with E-state index in [-0.39, 0.29) is 41.5 Å². The Morgan fingerprint density at radius 1 is 1.14 bits per heavy atom. The first kappa shape index (κ1) is 32.1. The molecule has 3 heterocycles. The van der Waals surface area contributed by atoms with Crippen molar-refractivity contribution in [2.45, 2.75) is 82.0 Å². The fourth-order valence-electron chi connectivity index (χ4n) is 7.24. The average Bonchev–Trinajstić information content (AvgIpc) is 3.60. The zero-order chi connectivity index (χ0) is 30.8. The number of likely N-dealkylation sites (tertiary alicyclic amines) is 1. The van der Waals surface area contributed by atoms with Gasteiger partial charge in [0.2, 0.25) is 17.7 Å². The van der Waals surface area contributed by atoms with E-state index in [1.807, 2.05) is 58.9 Å². The highest BCUT2D eigenvalue weighted by molar-refractivity contribution is 8.02. The summed E-state index contributed by atoms with van der Waals surface area (Å²) in [5.41, 5.74) is 0.713. The summed E-state index contributed by atoms with van der Waals surface area (Å²) in [6.07, 6.45) is 5.41. The smallest absolute Gasteiger partial charge is 0.247 e. The summed E-state index contributed by atoms with van der Waals surface area (Å²) >= 11 is 1.65. The van der Waals surface area contributed by atoms with Gasteiger partial charge in [0, 0.05) is 30.1 Å². The first-order valence-electron chi connectivity index (χ1n) is 15.2. The molecule has 3 saturated heterocycles. The molecule has 3 aliphatic heterocycles. The van der Waals surface area contributed by atoms with Gasteiger partial charge in [0.05, 0.1) is 35.8 Å². The fourth-order valence-corrected chi connectivity index (χ4v) is 9.43. The van der Waals surface area contributed by atoms with E-state index in [1.54, 1.807) is 38.6 Å². The van der Waals surface area contributed by atoms with Crippen LogP contribution in [0.4, 0.5) is 5.69 Å². The number of aliphatic hydroxyl groups excluding tert-OH is 1. The molecule has 1 spiro atoms.